The molecule has 0 aromatic heterocycles. The van der Waals surface area contributed by atoms with Gasteiger partial charge in [-0.15, -0.1) is 0 Å². The first kappa shape index (κ1) is 28.5. The first-order valence-corrected chi connectivity index (χ1v) is 13.8. The molecule has 1 saturated carbocycles. The van der Waals surface area contributed by atoms with Crippen LogP contribution in [0.25, 0.3) is 0 Å². The van der Waals surface area contributed by atoms with Crippen molar-refractivity contribution in [1.82, 2.24) is 15.5 Å². The third kappa shape index (κ3) is 8.82. The summed E-state index contributed by atoms with van der Waals surface area (Å²) in [7, 11) is 0. The second-order valence-electron chi connectivity index (χ2n) is 10.7. The van der Waals surface area contributed by atoms with Crippen LogP contribution in [-0.4, -0.2) is 60.0 Å². The third-order valence-electron chi connectivity index (χ3n) is 7.50. The molecular weight excluding hydrogens is 480 g/mol. The highest BCUT2D eigenvalue weighted by atomic mass is 35.5. The Hall–Kier alpha value is -2.03. The molecule has 3 unspecified atom stereocenters. The Labute approximate surface area is 220 Å². The standard InChI is InChI=1S/C27H43ClN4O4/c1-18(30-27(34)35)17-36-25(21-10-6-12-23(28)15-21)22-11-7-13-32(16-22)26(33)31-24(19(2)29)14-20-8-4-3-5-9-20/h6,10,12,15,18-20,22,24-25,30H,3-5,7-9,11,13-14,16-17,29H2,1-2H3,(H,31,33)(H,34,35)/t18?,19-,22?,24?,25+/m1/s1. The van der Waals surface area contributed by atoms with E-state index in [4.69, 9.17) is 27.2 Å². The lowest BCUT2D eigenvalue weighted by Gasteiger charge is -2.38. The molecule has 0 radical (unpaired) electrons. The molecule has 2 aliphatic rings. The van der Waals surface area contributed by atoms with Gasteiger partial charge >= 0.3 is 12.1 Å². The lowest BCUT2D eigenvalue weighted by atomic mass is 9.83. The molecule has 1 aliphatic carbocycles. The van der Waals surface area contributed by atoms with Crippen molar-refractivity contribution in [2.45, 2.75) is 89.4 Å². The van der Waals surface area contributed by atoms with Crippen LogP contribution in [0.2, 0.25) is 5.02 Å². The number of piperidine rings is 1. The van der Waals surface area contributed by atoms with E-state index in [1.54, 1.807) is 6.92 Å². The number of nitrogens with two attached hydrogens (primary N) is 1. The molecule has 1 aromatic carbocycles. The minimum absolute atomic E-state index is 0.0381. The number of hydrogen-bond donors (Lipinski definition) is 4. The Kier molecular flexibility index (Phi) is 11.1. The maximum absolute atomic E-state index is 13.3. The van der Waals surface area contributed by atoms with Crippen molar-refractivity contribution in [3.05, 3.63) is 34.9 Å². The average molecular weight is 523 g/mol. The van der Waals surface area contributed by atoms with E-state index in [2.05, 4.69) is 10.6 Å². The van der Waals surface area contributed by atoms with Gasteiger partial charge in [-0.1, -0.05) is 55.8 Å². The summed E-state index contributed by atoms with van der Waals surface area (Å²) in [6, 6.07) is 6.99. The number of benzene rings is 1. The van der Waals surface area contributed by atoms with Crippen LogP contribution in [0.3, 0.4) is 0 Å². The second-order valence-corrected chi connectivity index (χ2v) is 11.1. The fraction of sp³-hybridized carbons (Fsp3) is 0.704. The molecule has 5 N–H and O–H groups in total. The number of likely N-dealkylation sites (tertiary alicyclic amines) is 1. The fourth-order valence-corrected chi connectivity index (χ4v) is 5.77. The van der Waals surface area contributed by atoms with Crippen molar-refractivity contribution < 1.29 is 19.4 Å². The topological polar surface area (TPSA) is 117 Å². The number of nitrogens with zero attached hydrogens (tertiary/aromatic N) is 1. The van der Waals surface area contributed by atoms with Gasteiger partial charge in [-0.05, 0) is 56.7 Å². The summed E-state index contributed by atoms with van der Waals surface area (Å²) in [4.78, 5) is 26.2. The number of amides is 3. The second kappa shape index (κ2) is 14.1. The quantitative estimate of drug-likeness (QED) is 0.338. The zero-order chi connectivity index (χ0) is 26.1. The van der Waals surface area contributed by atoms with Crippen molar-refractivity contribution in [2.24, 2.45) is 17.6 Å². The molecule has 9 heteroatoms. The van der Waals surface area contributed by atoms with E-state index in [1.165, 1.54) is 32.1 Å². The molecule has 0 bridgehead atoms. The molecule has 1 saturated heterocycles. The number of carboxylic acid groups (broad SMARTS) is 1. The maximum atomic E-state index is 13.3. The van der Waals surface area contributed by atoms with Crippen LogP contribution in [-0.2, 0) is 4.74 Å². The highest BCUT2D eigenvalue weighted by molar-refractivity contribution is 6.30. The molecule has 1 aliphatic heterocycles. The summed E-state index contributed by atoms with van der Waals surface area (Å²) in [5.41, 5.74) is 7.22. The Morgan fingerprint density at radius 3 is 2.58 bits per heavy atom. The molecule has 3 rings (SSSR count). The van der Waals surface area contributed by atoms with Gasteiger partial charge in [0.2, 0.25) is 0 Å². The molecule has 8 nitrogen and oxygen atoms in total. The minimum Gasteiger partial charge on any atom is -0.465 e. The highest BCUT2D eigenvalue weighted by Crippen LogP contribution is 2.34. The van der Waals surface area contributed by atoms with E-state index in [1.807, 2.05) is 36.1 Å². The summed E-state index contributed by atoms with van der Waals surface area (Å²) >= 11 is 6.27. The Balaban J connectivity index is 1.66. The van der Waals surface area contributed by atoms with Crippen molar-refractivity contribution in [1.29, 1.82) is 0 Å². The Morgan fingerprint density at radius 1 is 1.17 bits per heavy atom. The number of urea groups is 1. The number of nitrogens with one attached hydrogen (secondary N) is 2. The Morgan fingerprint density at radius 2 is 1.92 bits per heavy atom. The van der Waals surface area contributed by atoms with Crippen molar-refractivity contribution >= 4 is 23.7 Å². The van der Waals surface area contributed by atoms with Gasteiger partial charge in [0.05, 0.1) is 18.8 Å². The monoisotopic (exact) mass is 522 g/mol. The number of hydrogen-bond acceptors (Lipinski definition) is 4. The van der Waals surface area contributed by atoms with Crippen molar-refractivity contribution in [3.8, 4) is 0 Å². The van der Waals surface area contributed by atoms with Gasteiger partial charge in [0.1, 0.15) is 0 Å². The molecule has 36 heavy (non-hydrogen) atoms. The summed E-state index contributed by atoms with van der Waals surface area (Å²) in [6.45, 7) is 5.21. The smallest absolute Gasteiger partial charge is 0.404 e. The maximum Gasteiger partial charge on any atom is 0.404 e. The summed E-state index contributed by atoms with van der Waals surface area (Å²) < 4.78 is 6.27. The van der Waals surface area contributed by atoms with E-state index in [0.717, 1.165) is 24.8 Å². The van der Waals surface area contributed by atoms with E-state index in [0.29, 0.717) is 24.0 Å². The fourth-order valence-electron chi connectivity index (χ4n) is 5.57. The number of carbonyl (C=O) groups excluding carboxylic acids is 1. The number of ether oxygens (including phenoxy) is 1. The lowest BCUT2D eigenvalue weighted by molar-refractivity contribution is -0.0174. The number of carbonyl (C=O) groups is 2. The van der Waals surface area contributed by atoms with Gasteiger partial charge in [-0.2, -0.15) is 0 Å². The van der Waals surface area contributed by atoms with Gasteiger partial charge in [0, 0.05) is 36.1 Å². The van der Waals surface area contributed by atoms with E-state index >= 15 is 0 Å². The van der Waals surface area contributed by atoms with E-state index in [9.17, 15) is 9.59 Å². The SMILES string of the molecule is CC(CO[C@@H](c1cccc(Cl)c1)C1CCCN(C(=O)NC(CC2CCCCC2)[C@@H](C)N)C1)NC(=O)O. The summed E-state index contributed by atoms with van der Waals surface area (Å²) in [6.07, 6.45) is 7.61. The molecule has 0 spiro atoms. The van der Waals surface area contributed by atoms with Gasteiger partial charge in [0.25, 0.3) is 0 Å². The molecule has 202 valence electrons. The predicted molar refractivity (Wildman–Crippen MR) is 142 cm³/mol. The van der Waals surface area contributed by atoms with Crippen LogP contribution in [0.4, 0.5) is 9.59 Å². The molecule has 1 heterocycles. The van der Waals surface area contributed by atoms with Crippen LogP contribution in [0.5, 0.6) is 0 Å². The van der Waals surface area contributed by atoms with E-state index in [-0.39, 0.29) is 42.8 Å². The normalized spacial score (nSPS) is 22.3. The van der Waals surface area contributed by atoms with Crippen molar-refractivity contribution in [3.63, 3.8) is 0 Å². The Bertz CT molecular complexity index is 849. The van der Waals surface area contributed by atoms with Crippen LogP contribution < -0.4 is 16.4 Å². The van der Waals surface area contributed by atoms with Crippen LogP contribution >= 0.6 is 11.6 Å². The average Bonchev–Trinajstić information content (AvgIpc) is 2.84. The molecule has 3 amide bonds. The zero-order valence-electron chi connectivity index (χ0n) is 21.6. The summed E-state index contributed by atoms with van der Waals surface area (Å²) in [5, 5.41) is 15.3. The van der Waals surface area contributed by atoms with Crippen LogP contribution in [0.15, 0.2) is 24.3 Å². The molecule has 5 atom stereocenters. The first-order chi connectivity index (χ1) is 17.2. The van der Waals surface area contributed by atoms with Gasteiger partial charge < -0.3 is 31.1 Å². The van der Waals surface area contributed by atoms with Crippen molar-refractivity contribution in [2.75, 3.05) is 19.7 Å². The largest absolute Gasteiger partial charge is 0.465 e. The molecule has 2 fully saturated rings. The number of rotatable bonds is 10. The molecule has 1 aromatic rings. The van der Waals surface area contributed by atoms with Gasteiger partial charge in [-0.3, -0.25) is 0 Å². The van der Waals surface area contributed by atoms with Gasteiger partial charge in [-0.25, -0.2) is 9.59 Å². The third-order valence-corrected chi connectivity index (χ3v) is 7.74. The minimum atomic E-state index is -1.08. The number of halogens is 1. The first-order valence-electron chi connectivity index (χ1n) is 13.4. The predicted octanol–water partition coefficient (Wildman–Crippen LogP) is 5.16. The highest BCUT2D eigenvalue weighted by Gasteiger charge is 2.33. The zero-order valence-corrected chi connectivity index (χ0v) is 22.4. The van der Waals surface area contributed by atoms with Gasteiger partial charge in [0.15, 0.2) is 0 Å². The van der Waals surface area contributed by atoms with Crippen LogP contribution in [0.1, 0.15) is 76.9 Å². The molecular formula is C27H43ClN4O4. The lowest BCUT2D eigenvalue weighted by Crippen LogP contribution is -2.54. The van der Waals surface area contributed by atoms with E-state index < -0.39 is 6.09 Å². The van der Waals surface area contributed by atoms with Crippen LogP contribution in [0, 0.1) is 11.8 Å². The summed E-state index contributed by atoms with van der Waals surface area (Å²) in [5.74, 6) is 0.693.